The van der Waals surface area contributed by atoms with Gasteiger partial charge in [0, 0.05) is 23.4 Å². The zero-order chi connectivity index (χ0) is 24.7. The largest absolute Gasteiger partial charge is 0.434 e. The van der Waals surface area contributed by atoms with E-state index in [0.29, 0.717) is 39.1 Å². The lowest BCUT2D eigenvalue weighted by Gasteiger charge is -2.28. The first-order valence-corrected chi connectivity index (χ1v) is 12.8. The number of imidazole rings is 1. The van der Waals surface area contributed by atoms with E-state index >= 15 is 4.39 Å². The molecular weight excluding hydrogens is 481 g/mol. The van der Waals surface area contributed by atoms with Crippen LogP contribution in [-0.4, -0.2) is 37.4 Å². The van der Waals surface area contributed by atoms with Gasteiger partial charge in [0.1, 0.15) is 24.0 Å². The van der Waals surface area contributed by atoms with Crippen LogP contribution in [0.25, 0.3) is 22.2 Å². The second-order valence-electron chi connectivity index (χ2n) is 8.43. The Balaban J connectivity index is 1.60. The van der Waals surface area contributed by atoms with Crippen molar-refractivity contribution in [2.24, 2.45) is 0 Å². The Morgan fingerprint density at radius 2 is 1.89 bits per heavy atom. The van der Waals surface area contributed by atoms with Crippen LogP contribution in [0, 0.1) is 5.82 Å². The minimum atomic E-state index is -3.19. The van der Waals surface area contributed by atoms with Gasteiger partial charge in [-0.1, -0.05) is 42.5 Å². The predicted octanol–water partition coefficient (Wildman–Crippen LogP) is 5.11. The second kappa shape index (κ2) is 9.01. The third kappa shape index (κ3) is 4.76. The summed E-state index contributed by atoms with van der Waals surface area (Å²) in [6.07, 6.45) is 1.15. The van der Waals surface area contributed by atoms with Gasteiger partial charge in [-0.2, -0.15) is 8.78 Å². The molecule has 0 fully saturated rings. The molecule has 0 saturated heterocycles. The van der Waals surface area contributed by atoms with Crippen LogP contribution in [0.2, 0.25) is 0 Å². The van der Waals surface area contributed by atoms with Gasteiger partial charge in [0.15, 0.2) is 9.84 Å². The summed E-state index contributed by atoms with van der Waals surface area (Å²) < 4.78 is 76.5. The van der Waals surface area contributed by atoms with Crippen molar-refractivity contribution in [3.05, 3.63) is 83.4 Å². The Labute approximate surface area is 199 Å². The molecule has 3 aromatic carbocycles. The summed E-state index contributed by atoms with van der Waals surface area (Å²) in [5.74, 6) is -0.00681. The fourth-order valence-electron chi connectivity index (χ4n) is 4.44. The van der Waals surface area contributed by atoms with Crippen molar-refractivity contribution in [2.45, 2.75) is 25.0 Å². The second-order valence-corrected chi connectivity index (χ2v) is 10.6. The molecule has 35 heavy (non-hydrogen) atoms. The molecule has 1 aromatic heterocycles. The van der Waals surface area contributed by atoms with Gasteiger partial charge < -0.3 is 14.0 Å². The van der Waals surface area contributed by atoms with Crippen molar-refractivity contribution in [1.82, 2.24) is 9.55 Å². The topological polar surface area (TPSA) is 70.4 Å². The van der Waals surface area contributed by atoms with Gasteiger partial charge in [0.05, 0.1) is 29.4 Å². The monoisotopic (exact) mass is 502 g/mol. The quantitative estimate of drug-likeness (QED) is 0.367. The zero-order valence-corrected chi connectivity index (χ0v) is 19.4. The van der Waals surface area contributed by atoms with Crippen LogP contribution in [0.5, 0.6) is 5.75 Å². The third-order valence-electron chi connectivity index (χ3n) is 5.86. The van der Waals surface area contributed by atoms with Gasteiger partial charge in [-0.15, -0.1) is 0 Å². The normalized spacial score (nSPS) is 16.0. The van der Waals surface area contributed by atoms with Crippen molar-refractivity contribution in [2.75, 3.05) is 12.9 Å². The van der Waals surface area contributed by atoms with Gasteiger partial charge in [0.2, 0.25) is 0 Å². The number of ether oxygens (including phenoxy) is 2. The molecule has 6 nitrogen and oxygen atoms in total. The highest BCUT2D eigenvalue weighted by Crippen LogP contribution is 2.37. The molecule has 0 radical (unpaired) electrons. The first-order chi connectivity index (χ1) is 16.7. The van der Waals surface area contributed by atoms with Crippen molar-refractivity contribution in [3.8, 4) is 16.9 Å². The summed E-state index contributed by atoms with van der Waals surface area (Å²) in [5.41, 5.74) is 3.03. The van der Waals surface area contributed by atoms with Crippen LogP contribution in [0.1, 0.15) is 23.0 Å². The Morgan fingerprint density at radius 1 is 1.14 bits per heavy atom. The molecule has 2 heterocycles. The van der Waals surface area contributed by atoms with Crippen molar-refractivity contribution >= 4 is 20.9 Å². The number of sulfone groups is 1. The maximum Gasteiger partial charge on any atom is 0.387 e. The number of aromatic nitrogens is 2. The Bertz CT molecular complexity index is 1500. The molecule has 1 atom stereocenters. The molecule has 0 spiro atoms. The summed E-state index contributed by atoms with van der Waals surface area (Å²) >= 11 is 0. The highest BCUT2D eigenvalue weighted by atomic mass is 32.2. The van der Waals surface area contributed by atoms with Crippen molar-refractivity contribution in [1.29, 1.82) is 0 Å². The summed E-state index contributed by atoms with van der Waals surface area (Å²) in [6.45, 7) is -2.58. The number of halogens is 3. The number of rotatable bonds is 6. The lowest BCUT2D eigenvalue weighted by atomic mass is 10.0. The highest BCUT2D eigenvalue weighted by Gasteiger charge is 2.29. The van der Waals surface area contributed by atoms with E-state index in [1.807, 2.05) is 4.57 Å². The molecule has 1 aliphatic heterocycles. The number of para-hydroxylation sites is 1. The van der Waals surface area contributed by atoms with E-state index in [4.69, 9.17) is 9.47 Å². The van der Waals surface area contributed by atoms with Gasteiger partial charge in [0.25, 0.3) is 0 Å². The smallest absolute Gasteiger partial charge is 0.387 e. The number of fused-ring (bicyclic) bond motifs is 3. The van der Waals surface area contributed by atoms with E-state index < -0.39 is 28.3 Å². The predicted molar refractivity (Wildman–Crippen MR) is 125 cm³/mol. The Hall–Kier alpha value is -3.37. The van der Waals surface area contributed by atoms with Crippen LogP contribution in [0.3, 0.4) is 0 Å². The average molecular weight is 503 g/mol. The van der Waals surface area contributed by atoms with Crippen LogP contribution in [0.15, 0.2) is 60.7 Å². The summed E-state index contributed by atoms with van der Waals surface area (Å²) in [5, 5.41) is 0. The Kier molecular flexibility index (Phi) is 6.02. The van der Waals surface area contributed by atoms with Crippen molar-refractivity contribution < 1.29 is 31.1 Å². The molecule has 0 saturated carbocycles. The summed E-state index contributed by atoms with van der Waals surface area (Å²) in [4.78, 5) is 4.51. The number of nitrogens with zero attached hydrogens (tertiary/aromatic N) is 2. The van der Waals surface area contributed by atoms with E-state index in [-0.39, 0.29) is 24.7 Å². The van der Waals surface area contributed by atoms with Crippen LogP contribution < -0.4 is 4.74 Å². The highest BCUT2D eigenvalue weighted by molar-refractivity contribution is 7.89. The molecule has 0 N–H and O–H groups in total. The van der Waals surface area contributed by atoms with E-state index in [1.165, 1.54) is 12.1 Å². The zero-order valence-electron chi connectivity index (χ0n) is 18.6. The van der Waals surface area contributed by atoms with E-state index in [1.54, 1.807) is 48.5 Å². The third-order valence-corrected chi connectivity index (χ3v) is 6.72. The molecular formula is C25H21F3N2O4S. The first kappa shape index (κ1) is 23.4. The maximum atomic E-state index is 15.1. The van der Waals surface area contributed by atoms with Crippen LogP contribution in [-0.2, 0) is 26.9 Å². The summed E-state index contributed by atoms with van der Waals surface area (Å²) in [6, 6.07) is 15.6. The van der Waals surface area contributed by atoms with Gasteiger partial charge >= 0.3 is 6.61 Å². The molecule has 0 bridgehead atoms. The average Bonchev–Trinajstić information content (AvgIpc) is 3.15. The molecule has 4 aromatic rings. The fraction of sp³-hybridized carbons (Fsp3) is 0.240. The molecule has 0 unspecified atom stereocenters. The lowest BCUT2D eigenvalue weighted by molar-refractivity contribution is -0.0512. The minimum Gasteiger partial charge on any atom is -0.434 e. The first-order valence-electron chi connectivity index (χ1n) is 10.8. The van der Waals surface area contributed by atoms with E-state index in [9.17, 15) is 17.2 Å². The van der Waals surface area contributed by atoms with Crippen LogP contribution in [0.4, 0.5) is 13.2 Å². The SMILES string of the molecule is CS(=O)(=O)Cc1ccc(-c2cc3c(cc2F)nc2n3[C@@H](c3ccccc3OC(F)F)COC2)cc1. The van der Waals surface area contributed by atoms with Gasteiger partial charge in [-0.25, -0.2) is 17.8 Å². The molecule has 1 aliphatic rings. The van der Waals surface area contributed by atoms with Gasteiger partial charge in [-0.05, 0) is 23.3 Å². The minimum absolute atomic E-state index is 0.0367. The maximum absolute atomic E-state index is 15.1. The van der Waals surface area contributed by atoms with Crippen LogP contribution >= 0.6 is 0 Å². The molecule has 182 valence electrons. The van der Waals surface area contributed by atoms with E-state index in [0.717, 1.165) is 6.26 Å². The molecule has 5 rings (SSSR count). The van der Waals surface area contributed by atoms with Gasteiger partial charge in [-0.3, -0.25) is 0 Å². The Morgan fingerprint density at radius 3 is 2.60 bits per heavy atom. The number of hydrogen-bond acceptors (Lipinski definition) is 5. The number of alkyl halides is 2. The standard InChI is InChI=1S/C25H21F3N2O4S/c1-35(31,32)14-15-6-8-16(9-7-15)18-10-21-20(11-19(18)26)29-24-13-33-12-22(30(21)24)17-4-2-3-5-23(17)34-25(27)28/h2-11,22,25H,12-14H2,1H3/t22-/m1/s1. The number of hydrogen-bond donors (Lipinski definition) is 0. The summed E-state index contributed by atoms with van der Waals surface area (Å²) in [7, 11) is -3.19. The molecule has 0 amide bonds. The lowest BCUT2D eigenvalue weighted by Crippen LogP contribution is -2.25. The molecule has 0 aliphatic carbocycles. The fourth-order valence-corrected chi connectivity index (χ4v) is 5.24. The number of benzene rings is 3. The van der Waals surface area contributed by atoms with E-state index in [2.05, 4.69) is 4.98 Å². The molecule has 10 heteroatoms. The van der Waals surface area contributed by atoms with Crippen molar-refractivity contribution in [3.63, 3.8) is 0 Å².